The van der Waals surface area contributed by atoms with Gasteiger partial charge < -0.3 is 10.2 Å². The van der Waals surface area contributed by atoms with Gasteiger partial charge in [0.25, 0.3) is 5.91 Å². The number of nitrogens with one attached hydrogen (secondary N) is 2. The minimum Gasteiger partial charge on any atom is -0.333 e. The normalized spacial score (nSPS) is 24.0. The van der Waals surface area contributed by atoms with Crippen molar-refractivity contribution in [2.24, 2.45) is 5.92 Å². The van der Waals surface area contributed by atoms with Gasteiger partial charge in [0.1, 0.15) is 11.6 Å². The molecule has 0 bridgehead atoms. The Labute approximate surface area is 138 Å². The van der Waals surface area contributed by atoms with Gasteiger partial charge in [0.05, 0.1) is 13.1 Å². The quantitative estimate of drug-likeness (QED) is 0.863. The lowest BCUT2D eigenvalue weighted by Crippen LogP contribution is -3.10. The van der Waals surface area contributed by atoms with E-state index >= 15 is 0 Å². The molecule has 1 amide bonds. The highest BCUT2D eigenvalue weighted by Gasteiger charge is 2.43. The number of nitrogens with zero attached hydrogens (tertiary/aromatic N) is 1. The standard InChI is InChI=1S/C19H25N3O/c1-19(13-20,15-10-11-15)21-18(23)12-22(2)17-9-5-7-14-6-3-4-8-16(14)17/h3-4,6,8,15,17H,5,7,9-12H2,1-2H3,(H,21,23)/p+1/t17-,19-/m1/s1. The molecule has 1 saturated carbocycles. The number of likely N-dealkylation sites (N-methyl/N-ethyl adjacent to an activating group) is 1. The summed E-state index contributed by atoms with van der Waals surface area (Å²) in [6.45, 7) is 2.27. The van der Waals surface area contributed by atoms with Crippen LogP contribution < -0.4 is 10.2 Å². The summed E-state index contributed by atoms with van der Waals surface area (Å²) < 4.78 is 0. The molecule has 4 heteroatoms. The van der Waals surface area contributed by atoms with Crippen LogP contribution >= 0.6 is 0 Å². The molecule has 1 unspecified atom stereocenters. The van der Waals surface area contributed by atoms with Gasteiger partial charge in [0.15, 0.2) is 6.54 Å². The van der Waals surface area contributed by atoms with Crippen molar-refractivity contribution >= 4 is 5.91 Å². The summed E-state index contributed by atoms with van der Waals surface area (Å²) in [4.78, 5) is 13.6. The number of carbonyl (C=O) groups is 1. The molecule has 23 heavy (non-hydrogen) atoms. The number of quaternary nitrogens is 1. The Balaban J connectivity index is 1.64. The maximum Gasteiger partial charge on any atom is 0.276 e. The van der Waals surface area contributed by atoms with Crippen molar-refractivity contribution in [2.45, 2.75) is 50.6 Å². The van der Waals surface area contributed by atoms with E-state index < -0.39 is 5.54 Å². The van der Waals surface area contributed by atoms with Gasteiger partial charge in [-0.05, 0) is 44.1 Å². The molecule has 0 spiro atoms. The van der Waals surface area contributed by atoms with E-state index in [1.165, 1.54) is 22.4 Å². The molecule has 3 rings (SSSR count). The predicted molar refractivity (Wildman–Crippen MR) is 88.8 cm³/mol. The molecule has 3 atom stereocenters. The molecule has 0 saturated heterocycles. The van der Waals surface area contributed by atoms with Crippen LogP contribution in [0.15, 0.2) is 24.3 Å². The molecule has 2 N–H and O–H groups in total. The van der Waals surface area contributed by atoms with E-state index in [9.17, 15) is 10.1 Å². The molecule has 2 aliphatic carbocycles. The Hall–Kier alpha value is -1.86. The first-order valence-corrected chi connectivity index (χ1v) is 8.66. The molecular formula is C19H26N3O+. The van der Waals surface area contributed by atoms with Crippen LogP contribution in [0.5, 0.6) is 0 Å². The lowest BCUT2D eigenvalue weighted by molar-refractivity contribution is -0.905. The maximum atomic E-state index is 12.4. The monoisotopic (exact) mass is 312 g/mol. The summed E-state index contributed by atoms with van der Waals surface area (Å²) in [7, 11) is 2.09. The highest BCUT2D eigenvalue weighted by Crippen LogP contribution is 2.39. The maximum absolute atomic E-state index is 12.4. The second-order valence-corrected chi connectivity index (χ2v) is 7.30. The molecule has 1 aromatic rings. The van der Waals surface area contributed by atoms with E-state index in [1.807, 2.05) is 6.92 Å². The fourth-order valence-electron chi connectivity index (χ4n) is 3.86. The third kappa shape index (κ3) is 3.40. The molecule has 4 nitrogen and oxygen atoms in total. The van der Waals surface area contributed by atoms with Gasteiger partial charge in [-0.1, -0.05) is 24.3 Å². The highest BCUT2D eigenvalue weighted by molar-refractivity contribution is 5.78. The Morgan fingerprint density at radius 2 is 2.13 bits per heavy atom. The number of fused-ring (bicyclic) bond motifs is 1. The minimum absolute atomic E-state index is 0.0125. The SMILES string of the molecule is C[NH+](CC(=O)N[C@](C)(C#N)C1CC1)[C@@H]1CCCc2ccccc21. The van der Waals surface area contributed by atoms with Gasteiger partial charge in [-0.25, -0.2) is 0 Å². The van der Waals surface area contributed by atoms with Crippen LogP contribution in [0.1, 0.15) is 49.8 Å². The zero-order chi connectivity index (χ0) is 16.4. The van der Waals surface area contributed by atoms with Gasteiger partial charge in [-0.15, -0.1) is 0 Å². The minimum atomic E-state index is -0.693. The average molecular weight is 312 g/mol. The second kappa shape index (κ2) is 6.33. The van der Waals surface area contributed by atoms with Gasteiger partial charge in [-0.2, -0.15) is 5.26 Å². The largest absolute Gasteiger partial charge is 0.333 e. The Morgan fingerprint density at radius 1 is 1.39 bits per heavy atom. The number of carbonyl (C=O) groups excluding carboxylic acids is 1. The van der Waals surface area contributed by atoms with E-state index in [0.29, 0.717) is 18.5 Å². The number of hydrogen-bond donors (Lipinski definition) is 2. The summed E-state index contributed by atoms with van der Waals surface area (Å²) in [6, 6.07) is 11.3. The average Bonchev–Trinajstić information content (AvgIpc) is 3.39. The van der Waals surface area contributed by atoms with E-state index in [1.54, 1.807) is 0 Å². The van der Waals surface area contributed by atoms with Crippen molar-refractivity contribution in [3.8, 4) is 6.07 Å². The number of rotatable bonds is 5. The van der Waals surface area contributed by atoms with Crippen LogP contribution in [0.25, 0.3) is 0 Å². The van der Waals surface area contributed by atoms with Crippen LogP contribution in [0.2, 0.25) is 0 Å². The van der Waals surface area contributed by atoms with Crippen molar-refractivity contribution < 1.29 is 9.69 Å². The van der Waals surface area contributed by atoms with Gasteiger partial charge in [0, 0.05) is 12.0 Å². The van der Waals surface area contributed by atoms with E-state index in [2.05, 4.69) is 42.7 Å². The van der Waals surface area contributed by atoms with Crippen molar-refractivity contribution in [3.05, 3.63) is 35.4 Å². The highest BCUT2D eigenvalue weighted by atomic mass is 16.2. The molecular weight excluding hydrogens is 286 g/mol. The van der Waals surface area contributed by atoms with Gasteiger partial charge in [0.2, 0.25) is 0 Å². The Kier molecular flexibility index (Phi) is 4.41. The smallest absolute Gasteiger partial charge is 0.276 e. The molecule has 122 valence electrons. The Morgan fingerprint density at radius 3 is 2.83 bits per heavy atom. The van der Waals surface area contributed by atoms with Crippen LogP contribution in [0.4, 0.5) is 0 Å². The molecule has 0 heterocycles. The number of benzene rings is 1. The summed E-state index contributed by atoms with van der Waals surface area (Å²) in [5.41, 5.74) is 2.11. The van der Waals surface area contributed by atoms with Gasteiger partial charge >= 0.3 is 0 Å². The topological polar surface area (TPSA) is 57.3 Å². The summed E-state index contributed by atoms with van der Waals surface area (Å²) in [5, 5.41) is 12.4. The first kappa shape index (κ1) is 16.0. The third-order valence-corrected chi connectivity index (χ3v) is 5.43. The zero-order valence-electron chi connectivity index (χ0n) is 14.1. The number of aryl methyl sites for hydroxylation is 1. The summed E-state index contributed by atoms with van der Waals surface area (Å²) >= 11 is 0. The van der Waals surface area contributed by atoms with Crippen molar-refractivity contribution in [2.75, 3.05) is 13.6 Å². The first-order valence-electron chi connectivity index (χ1n) is 8.66. The van der Waals surface area contributed by atoms with E-state index in [-0.39, 0.29) is 5.91 Å². The van der Waals surface area contributed by atoms with Crippen molar-refractivity contribution in [1.82, 2.24) is 5.32 Å². The second-order valence-electron chi connectivity index (χ2n) is 7.30. The molecule has 2 aliphatic rings. The van der Waals surface area contributed by atoms with Crippen LogP contribution in [0, 0.1) is 17.2 Å². The molecule has 1 aromatic carbocycles. The molecule has 0 aliphatic heterocycles. The Bertz CT molecular complexity index is 632. The number of amides is 1. The number of nitriles is 1. The first-order chi connectivity index (χ1) is 11.0. The molecule has 0 aromatic heterocycles. The predicted octanol–water partition coefficient (Wildman–Crippen LogP) is 1.39. The zero-order valence-corrected chi connectivity index (χ0v) is 14.1. The van der Waals surface area contributed by atoms with Crippen molar-refractivity contribution in [3.63, 3.8) is 0 Å². The van der Waals surface area contributed by atoms with Crippen LogP contribution in [-0.4, -0.2) is 25.0 Å². The van der Waals surface area contributed by atoms with Crippen LogP contribution in [-0.2, 0) is 11.2 Å². The van der Waals surface area contributed by atoms with Gasteiger partial charge in [-0.3, -0.25) is 4.79 Å². The van der Waals surface area contributed by atoms with E-state index in [4.69, 9.17) is 0 Å². The fraction of sp³-hybridized carbons (Fsp3) is 0.579. The molecule has 0 radical (unpaired) electrons. The lowest BCUT2D eigenvalue weighted by Gasteiger charge is -2.31. The van der Waals surface area contributed by atoms with Crippen LogP contribution in [0.3, 0.4) is 0 Å². The number of hydrogen-bond acceptors (Lipinski definition) is 2. The third-order valence-electron chi connectivity index (χ3n) is 5.43. The lowest BCUT2D eigenvalue weighted by atomic mass is 9.87. The summed E-state index contributed by atoms with van der Waals surface area (Å²) in [6.07, 6.45) is 5.53. The fourth-order valence-corrected chi connectivity index (χ4v) is 3.86. The molecule has 1 fully saturated rings. The van der Waals surface area contributed by atoms with E-state index in [0.717, 1.165) is 25.7 Å². The summed E-state index contributed by atoms with van der Waals surface area (Å²) in [5.74, 6) is 0.314. The van der Waals surface area contributed by atoms with Crippen molar-refractivity contribution in [1.29, 1.82) is 5.26 Å².